The molecule has 2 nitrogen and oxygen atoms in total. The summed E-state index contributed by atoms with van der Waals surface area (Å²) in [6.07, 6.45) is 3.95. The lowest BCUT2D eigenvalue weighted by Crippen LogP contribution is -2.10. The van der Waals surface area contributed by atoms with Gasteiger partial charge in [-0.1, -0.05) is 18.2 Å². The van der Waals surface area contributed by atoms with Gasteiger partial charge in [0.05, 0.1) is 10.7 Å². The molecule has 1 aliphatic rings. The summed E-state index contributed by atoms with van der Waals surface area (Å²) in [5.74, 6) is 1.18. The van der Waals surface area contributed by atoms with Gasteiger partial charge in [0.25, 0.3) is 0 Å². The van der Waals surface area contributed by atoms with E-state index in [1.54, 1.807) is 0 Å². The number of hydrogen-bond acceptors (Lipinski definition) is 3. The first-order chi connectivity index (χ1) is 7.36. The summed E-state index contributed by atoms with van der Waals surface area (Å²) in [6, 6.07) is 9.99. The highest BCUT2D eigenvalue weighted by Gasteiger charge is 2.11. The number of thioether (sulfide) groups is 1. The van der Waals surface area contributed by atoms with E-state index in [1.165, 1.54) is 10.8 Å². The lowest BCUT2D eigenvalue weighted by atomic mass is 10.3. The highest BCUT2D eigenvalue weighted by Crippen LogP contribution is 2.25. The highest BCUT2D eigenvalue weighted by molar-refractivity contribution is 14.0. The van der Waals surface area contributed by atoms with Crippen molar-refractivity contribution < 1.29 is 0 Å². The Morgan fingerprint density at radius 3 is 2.69 bits per heavy atom. The van der Waals surface area contributed by atoms with Crippen LogP contribution in [0.15, 0.2) is 46.4 Å². The number of allylic oxidation sites excluding steroid dienone is 1. The van der Waals surface area contributed by atoms with Crippen LogP contribution in [-0.2, 0) is 0 Å². The molecular weight excluding hydrogens is 331 g/mol. The average molecular weight is 346 g/mol. The topological polar surface area (TPSA) is 15.6 Å². The Morgan fingerprint density at radius 1 is 1.31 bits per heavy atom. The van der Waals surface area contributed by atoms with Crippen molar-refractivity contribution in [3.05, 3.63) is 41.4 Å². The molecule has 2 rings (SSSR count). The maximum absolute atomic E-state index is 4.36. The van der Waals surface area contributed by atoms with Crippen LogP contribution in [-0.4, -0.2) is 30.5 Å². The van der Waals surface area contributed by atoms with Gasteiger partial charge in [0.15, 0.2) is 0 Å². The van der Waals surface area contributed by atoms with E-state index in [4.69, 9.17) is 0 Å². The molecule has 0 aliphatic carbocycles. The second-order valence-electron chi connectivity index (χ2n) is 3.39. The van der Waals surface area contributed by atoms with Crippen molar-refractivity contribution >= 4 is 47.6 Å². The van der Waals surface area contributed by atoms with Crippen molar-refractivity contribution in [2.45, 2.75) is 0 Å². The summed E-state index contributed by atoms with van der Waals surface area (Å²) in [5, 5.41) is 1.30. The second-order valence-corrected chi connectivity index (χ2v) is 4.50. The lowest BCUT2D eigenvalue weighted by Gasteiger charge is -2.09. The van der Waals surface area contributed by atoms with Crippen LogP contribution >= 0.6 is 35.7 Å². The summed E-state index contributed by atoms with van der Waals surface area (Å²) in [5.41, 5.74) is 1.00. The largest absolute Gasteiger partial charge is 0.369 e. The van der Waals surface area contributed by atoms with Crippen LogP contribution in [0.2, 0.25) is 0 Å². The van der Waals surface area contributed by atoms with Gasteiger partial charge in [0.1, 0.15) is 0 Å². The van der Waals surface area contributed by atoms with Gasteiger partial charge in [-0.3, -0.25) is 4.99 Å². The van der Waals surface area contributed by atoms with Crippen LogP contribution in [0.3, 0.4) is 0 Å². The van der Waals surface area contributed by atoms with Gasteiger partial charge in [-0.05, 0) is 18.2 Å². The van der Waals surface area contributed by atoms with Crippen LogP contribution in [0, 0.1) is 0 Å². The lowest BCUT2D eigenvalue weighted by molar-refractivity contribution is 0.493. The molecule has 1 heterocycles. The molecule has 0 aromatic heterocycles. The fourth-order valence-corrected chi connectivity index (χ4v) is 2.43. The minimum atomic E-state index is 0. The minimum absolute atomic E-state index is 0. The number of halogens is 1. The van der Waals surface area contributed by atoms with Crippen molar-refractivity contribution in [3.8, 4) is 0 Å². The van der Waals surface area contributed by atoms with Crippen LogP contribution in [0.25, 0.3) is 0 Å². The molecule has 0 amide bonds. The van der Waals surface area contributed by atoms with Gasteiger partial charge in [-0.2, -0.15) is 0 Å². The molecular formula is C12H15IN2S. The summed E-state index contributed by atoms with van der Waals surface area (Å²) in [4.78, 5) is 6.61. The van der Waals surface area contributed by atoms with E-state index in [0.29, 0.717) is 0 Å². The standard InChI is InChI=1S/C12H14N2S.HI/c1-14-9-10-15-12(14)7-8-13-11-5-3-2-4-6-11;/h2-8H,9-10H2,1H3;1H/b12-7+,13-8?;. The quantitative estimate of drug-likeness (QED) is 0.601. The summed E-state index contributed by atoms with van der Waals surface area (Å²) in [7, 11) is 2.11. The van der Waals surface area contributed by atoms with Crippen molar-refractivity contribution in [2.75, 3.05) is 19.3 Å². The molecule has 1 aromatic carbocycles. The molecule has 4 heteroatoms. The predicted octanol–water partition coefficient (Wildman–Crippen LogP) is 3.53. The first kappa shape index (κ1) is 13.6. The predicted molar refractivity (Wildman–Crippen MR) is 83.2 cm³/mol. The SMILES string of the molecule is CN1CCS/C1=C/C=Nc1ccccc1.I. The molecule has 0 saturated carbocycles. The molecule has 1 aromatic rings. The van der Waals surface area contributed by atoms with E-state index < -0.39 is 0 Å². The third kappa shape index (κ3) is 3.83. The molecule has 0 unspecified atom stereocenters. The molecule has 0 radical (unpaired) electrons. The van der Waals surface area contributed by atoms with Gasteiger partial charge >= 0.3 is 0 Å². The first-order valence-electron chi connectivity index (χ1n) is 4.99. The molecule has 0 bridgehead atoms. The van der Waals surface area contributed by atoms with E-state index in [2.05, 4.69) is 23.0 Å². The van der Waals surface area contributed by atoms with Gasteiger partial charge in [0.2, 0.25) is 0 Å². The maximum atomic E-state index is 4.36. The fraction of sp³-hybridized carbons (Fsp3) is 0.250. The number of nitrogens with zero attached hydrogens (tertiary/aromatic N) is 2. The Balaban J connectivity index is 0.00000128. The minimum Gasteiger partial charge on any atom is -0.369 e. The van der Waals surface area contributed by atoms with E-state index in [-0.39, 0.29) is 24.0 Å². The normalized spacial score (nSPS) is 18.1. The smallest absolute Gasteiger partial charge is 0.0721 e. The molecule has 1 saturated heterocycles. The first-order valence-corrected chi connectivity index (χ1v) is 5.98. The Bertz CT molecular complexity index is 376. The Kier molecular flexibility index (Phi) is 5.90. The zero-order valence-electron chi connectivity index (χ0n) is 9.17. The van der Waals surface area contributed by atoms with Crippen LogP contribution in [0.5, 0.6) is 0 Å². The molecule has 0 spiro atoms. The van der Waals surface area contributed by atoms with Gasteiger partial charge in [-0.15, -0.1) is 35.7 Å². The van der Waals surface area contributed by atoms with E-state index >= 15 is 0 Å². The molecule has 86 valence electrons. The van der Waals surface area contributed by atoms with Crippen molar-refractivity contribution in [2.24, 2.45) is 4.99 Å². The average Bonchev–Trinajstić information content (AvgIpc) is 2.66. The van der Waals surface area contributed by atoms with E-state index in [1.807, 2.05) is 48.3 Å². The van der Waals surface area contributed by atoms with Gasteiger partial charge in [0, 0.05) is 25.6 Å². The second kappa shape index (κ2) is 6.96. The monoisotopic (exact) mass is 346 g/mol. The number of hydrogen-bond donors (Lipinski definition) is 0. The number of benzene rings is 1. The van der Waals surface area contributed by atoms with Crippen LogP contribution < -0.4 is 0 Å². The fourth-order valence-electron chi connectivity index (χ4n) is 1.38. The van der Waals surface area contributed by atoms with Crippen LogP contribution in [0.4, 0.5) is 5.69 Å². The highest BCUT2D eigenvalue weighted by atomic mass is 127. The summed E-state index contributed by atoms with van der Waals surface area (Å²) >= 11 is 1.88. The maximum Gasteiger partial charge on any atom is 0.0721 e. The number of para-hydroxylation sites is 1. The molecule has 1 aliphatic heterocycles. The van der Waals surface area contributed by atoms with E-state index in [9.17, 15) is 0 Å². The molecule has 1 fully saturated rings. The number of rotatable bonds is 2. The van der Waals surface area contributed by atoms with Crippen molar-refractivity contribution in [3.63, 3.8) is 0 Å². The third-order valence-corrected chi connectivity index (χ3v) is 3.38. The van der Waals surface area contributed by atoms with Gasteiger partial charge < -0.3 is 4.90 Å². The summed E-state index contributed by atoms with van der Waals surface area (Å²) < 4.78 is 0. The Hall–Kier alpha value is -0.490. The molecule has 0 atom stereocenters. The zero-order chi connectivity index (χ0) is 10.5. The zero-order valence-corrected chi connectivity index (χ0v) is 12.3. The number of aliphatic imine (C=N–C) groups is 1. The van der Waals surface area contributed by atoms with Crippen LogP contribution in [0.1, 0.15) is 0 Å². The Labute approximate surface area is 118 Å². The van der Waals surface area contributed by atoms with Gasteiger partial charge in [-0.25, -0.2) is 0 Å². The van der Waals surface area contributed by atoms with E-state index in [0.717, 1.165) is 12.2 Å². The third-order valence-electron chi connectivity index (χ3n) is 2.25. The Morgan fingerprint density at radius 2 is 2.06 bits per heavy atom. The van der Waals surface area contributed by atoms with Crippen molar-refractivity contribution in [1.82, 2.24) is 4.90 Å². The molecule has 16 heavy (non-hydrogen) atoms. The summed E-state index contributed by atoms with van der Waals surface area (Å²) in [6.45, 7) is 1.13. The molecule has 0 N–H and O–H groups in total. The van der Waals surface area contributed by atoms with Crippen molar-refractivity contribution in [1.29, 1.82) is 0 Å².